The van der Waals surface area contributed by atoms with E-state index < -0.39 is 0 Å². The molecule has 0 atom stereocenters. The van der Waals surface area contributed by atoms with Crippen molar-refractivity contribution in [2.24, 2.45) is 0 Å². The van der Waals surface area contributed by atoms with Gasteiger partial charge in [-0.25, -0.2) is 0 Å². The summed E-state index contributed by atoms with van der Waals surface area (Å²) in [6.07, 6.45) is 3.90. The fourth-order valence-corrected chi connectivity index (χ4v) is 14.5. The van der Waals surface area contributed by atoms with Gasteiger partial charge in [-0.05, 0) is 150 Å². The van der Waals surface area contributed by atoms with Crippen molar-refractivity contribution in [1.29, 1.82) is 0 Å². The van der Waals surface area contributed by atoms with E-state index in [9.17, 15) is 0 Å². The van der Waals surface area contributed by atoms with E-state index in [4.69, 9.17) is 8.83 Å². The largest absolute Gasteiger partial charge is 0.464 e. The Hall–Kier alpha value is -6.80. The van der Waals surface area contributed by atoms with Crippen molar-refractivity contribution in [3.63, 3.8) is 0 Å². The molecule has 70 heavy (non-hydrogen) atoms. The van der Waals surface area contributed by atoms with E-state index in [0.717, 1.165) is 33.1 Å². The van der Waals surface area contributed by atoms with Crippen molar-refractivity contribution >= 4 is 121 Å². The molecule has 6 heterocycles. The fraction of sp³-hybridized carbons (Fsp3) is 0.206. The quantitative estimate of drug-likeness (QED) is 0.165. The number of furan rings is 2. The molecule has 4 aromatic heterocycles. The summed E-state index contributed by atoms with van der Waals surface area (Å²) in [5.41, 5.74) is 24.1. The molecule has 7 heteroatoms. The Bertz CT molecular complexity index is 3760. The minimum atomic E-state index is -0.0278. The number of nitrogens with zero attached hydrogens (tertiary/aromatic N) is 2. The highest BCUT2D eigenvalue weighted by Gasteiger charge is 2.48. The summed E-state index contributed by atoms with van der Waals surface area (Å²) < 4.78 is 17.9. The summed E-state index contributed by atoms with van der Waals surface area (Å²) in [6.45, 7) is 25.6. The second-order valence-electron chi connectivity index (χ2n) is 22.0. The Labute approximate surface area is 418 Å². The lowest BCUT2D eigenvalue weighted by Gasteiger charge is -2.44. The average molecular weight is 947 g/mol. The lowest BCUT2D eigenvalue weighted by Crippen LogP contribution is -2.59. The van der Waals surface area contributed by atoms with Crippen molar-refractivity contribution in [2.45, 2.75) is 87.0 Å². The van der Waals surface area contributed by atoms with E-state index in [1.54, 1.807) is 0 Å². The lowest BCUT2D eigenvalue weighted by atomic mass is 9.39. The molecule has 11 aromatic rings. The van der Waals surface area contributed by atoms with Crippen molar-refractivity contribution < 1.29 is 8.83 Å². The summed E-state index contributed by atoms with van der Waals surface area (Å²) in [4.78, 5) is 5.36. The van der Waals surface area contributed by atoms with E-state index in [0.29, 0.717) is 0 Å². The second-order valence-corrected chi connectivity index (χ2v) is 24.1. The van der Waals surface area contributed by atoms with E-state index in [-0.39, 0.29) is 17.5 Å². The van der Waals surface area contributed by atoms with Gasteiger partial charge in [0.2, 0.25) is 0 Å². The van der Waals surface area contributed by atoms with Gasteiger partial charge < -0.3 is 18.6 Å². The van der Waals surface area contributed by atoms with Gasteiger partial charge in [0.25, 0.3) is 6.71 Å². The van der Waals surface area contributed by atoms with Crippen LogP contribution in [0, 0.1) is 34.6 Å². The molecular weight excluding hydrogens is 892 g/mol. The van der Waals surface area contributed by atoms with Crippen LogP contribution in [-0.2, 0) is 10.8 Å². The molecule has 0 saturated heterocycles. The van der Waals surface area contributed by atoms with Crippen LogP contribution in [0.15, 0.2) is 143 Å². The van der Waals surface area contributed by atoms with Crippen LogP contribution in [0.25, 0.3) is 64.4 Å². The number of fused-ring (bicyclic) bond motifs is 10. The highest BCUT2D eigenvalue weighted by Crippen LogP contribution is 2.54. The van der Waals surface area contributed by atoms with Gasteiger partial charge in [-0.3, -0.25) is 0 Å². The average Bonchev–Trinajstić information content (AvgIpc) is 4.13. The summed E-state index contributed by atoms with van der Waals surface area (Å²) in [5, 5.41) is 4.88. The van der Waals surface area contributed by atoms with Crippen LogP contribution in [0.3, 0.4) is 0 Å². The van der Waals surface area contributed by atoms with Crippen LogP contribution in [0.5, 0.6) is 0 Å². The Morgan fingerprint density at radius 2 is 0.871 bits per heavy atom. The zero-order valence-corrected chi connectivity index (χ0v) is 43.4. The van der Waals surface area contributed by atoms with Crippen molar-refractivity contribution in [2.75, 3.05) is 9.80 Å². The van der Waals surface area contributed by atoms with Gasteiger partial charge in [0, 0.05) is 63.0 Å². The number of para-hydroxylation sites is 2. The third-order valence-corrected chi connectivity index (χ3v) is 17.8. The molecule has 0 aliphatic carbocycles. The molecule has 0 unspecified atom stereocenters. The Balaban J connectivity index is 1.16. The molecule has 2 aliphatic heterocycles. The maximum Gasteiger partial charge on any atom is 0.277 e. The van der Waals surface area contributed by atoms with Gasteiger partial charge in [-0.15, -0.1) is 22.7 Å². The molecule has 0 radical (unpaired) electrons. The zero-order chi connectivity index (χ0) is 48.3. The van der Waals surface area contributed by atoms with E-state index in [1.165, 1.54) is 119 Å². The molecular formula is C63H55BN2O2S2. The highest BCUT2D eigenvalue weighted by molar-refractivity contribution is 7.40. The van der Waals surface area contributed by atoms with Crippen LogP contribution in [0.4, 0.5) is 34.1 Å². The van der Waals surface area contributed by atoms with Crippen LogP contribution in [0.2, 0.25) is 0 Å². The molecule has 4 nitrogen and oxygen atoms in total. The van der Waals surface area contributed by atoms with Gasteiger partial charge >= 0.3 is 0 Å². The molecule has 0 bridgehead atoms. The monoisotopic (exact) mass is 946 g/mol. The molecule has 2 aliphatic rings. The van der Waals surface area contributed by atoms with Crippen molar-refractivity contribution in [3.8, 4) is 22.3 Å². The Kier molecular flexibility index (Phi) is 9.33. The van der Waals surface area contributed by atoms with Crippen LogP contribution < -0.4 is 24.8 Å². The first kappa shape index (κ1) is 43.2. The minimum Gasteiger partial charge on any atom is -0.464 e. The first-order valence-electron chi connectivity index (χ1n) is 24.6. The number of hydrogen-bond donors (Lipinski definition) is 0. The SMILES string of the molecule is Cc1cc2c3c(c1)N(c1c(C)ccc(-c4coc5ccccc45)c1C)c1c(sc4ccc(C(C)(C)C)cc14)B3c1sc3ccc(C(C)(C)C)cc3c1N2c1c(C)ccc(-c2coc3ccccc23)c1C. The number of aryl methyl sites for hydroxylation is 3. The zero-order valence-electron chi connectivity index (χ0n) is 41.8. The molecule has 0 amide bonds. The molecule has 13 rings (SSSR count). The number of benzene rings is 7. The lowest BCUT2D eigenvalue weighted by molar-refractivity contribution is 0.591. The number of thiophene rings is 2. The Morgan fingerprint density at radius 1 is 0.443 bits per heavy atom. The first-order valence-corrected chi connectivity index (χ1v) is 26.2. The molecule has 0 saturated carbocycles. The summed E-state index contributed by atoms with van der Waals surface area (Å²) in [5.74, 6) is 0. The number of rotatable bonds is 4. The van der Waals surface area contributed by atoms with Gasteiger partial charge in [0.1, 0.15) is 11.2 Å². The Morgan fingerprint density at radius 3 is 1.30 bits per heavy atom. The van der Waals surface area contributed by atoms with Crippen LogP contribution >= 0.6 is 22.7 Å². The molecule has 0 spiro atoms. The summed E-state index contributed by atoms with van der Waals surface area (Å²) >= 11 is 3.97. The standard InChI is InChI=1S/C63H55BN2O2S2/c1-34-28-49-55-50(29-34)66(57-36(3)21-25-42(38(57)5)48-33-68-52-19-15-13-17-44(48)52)59-46-31-40(63(9,10)11)23-27-54(46)70-61(59)64(55)60-58(45-30-39(62(6,7)8)22-26-53(45)69-60)65(49)56-35(2)20-24-41(37(56)4)47-32-67-51-18-14-12-16-43(47)51/h12-33H,1-11H3. The van der Waals surface area contributed by atoms with E-state index in [2.05, 4.69) is 207 Å². The predicted octanol–water partition coefficient (Wildman–Crippen LogP) is 17.2. The molecule has 344 valence electrons. The third-order valence-electron chi connectivity index (χ3n) is 15.4. The smallest absolute Gasteiger partial charge is 0.277 e. The first-order chi connectivity index (χ1) is 33.6. The fourth-order valence-electron chi connectivity index (χ4n) is 11.8. The van der Waals surface area contributed by atoms with Crippen molar-refractivity contribution in [3.05, 3.63) is 173 Å². The highest BCUT2D eigenvalue weighted by atomic mass is 32.1. The van der Waals surface area contributed by atoms with E-state index >= 15 is 0 Å². The molecule has 7 aromatic carbocycles. The van der Waals surface area contributed by atoms with Gasteiger partial charge in [0.15, 0.2) is 0 Å². The topological polar surface area (TPSA) is 32.8 Å². The minimum absolute atomic E-state index is 0.0114. The van der Waals surface area contributed by atoms with Crippen molar-refractivity contribution in [1.82, 2.24) is 0 Å². The summed E-state index contributed by atoms with van der Waals surface area (Å²) in [6, 6.07) is 45.6. The predicted molar refractivity (Wildman–Crippen MR) is 303 cm³/mol. The van der Waals surface area contributed by atoms with Crippen LogP contribution in [-0.4, -0.2) is 6.71 Å². The van der Waals surface area contributed by atoms with Gasteiger partial charge in [-0.2, -0.15) is 0 Å². The maximum atomic E-state index is 6.23. The second kappa shape index (κ2) is 15.1. The summed E-state index contributed by atoms with van der Waals surface area (Å²) in [7, 11) is 0. The molecule has 0 N–H and O–H groups in total. The number of hydrogen-bond acceptors (Lipinski definition) is 6. The van der Waals surface area contributed by atoms with Gasteiger partial charge in [0.05, 0.1) is 35.3 Å². The van der Waals surface area contributed by atoms with Crippen LogP contribution in [0.1, 0.15) is 80.5 Å². The number of anilines is 6. The normalized spacial score (nSPS) is 13.6. The van der Waals surface area contributed by atoms with E-state index in [1.807, 2.05) is 35.2 Å². The maximum absolute atomic E-state index is 6.23. The third kappa shape index (κ3) is 6.20. The molecule has 0 fully saturated rings. The van der Waals surface area contributed by atoms with Gasteiger partial charge in [-0.1, -0.05) is 114 Å².